The minimum atomic E-state index is -1.11. The maximum absolute atomic E-state index is 12.8. The summed E-state index contributed by atoms with van der Waals surface area (Å²) in [6.07, 6.45) is 0.795. The van der Waals surface area contributed by atoms with Gasteiger partial charge in [-0.15, -0.1) is 11.3 Å². The molecule has 0 fully saturated rings. The number of fused-ring (bicyclic) bond motifs is 1. The highest BCUT2D eigenvalue weighted by molar-refractivity contribution is 7.09. The average Bonchev–Trinajstić information content (AvgIpc) is 3.03. The van der Waals surface area contributed by atoms with Gasteiger partial charge in [0.2, 0.25) is 0 Å². The molecule has 0 bridgehead atoms. The van der Waals surface area contributed by atoms with Crippen LogP contribution in [0.3, 0.4) is 0 Å². The first-order chi connectivity index (χ1) is 11.1. The van der Waals surface area contributed by atoms with Gasteiger partial charge < -0.3 is 15.3 Å². The molecule has 23 heavy (non-hydrogen) atoms. The van der Waals surface area contributed by atoms with Crippen molar-refractivity contribution in [1.82, 2.24) is 10.3 Å². The molecule has 1 aromatic carbocycles. The van der Waals surface area contributed by atoms with Crippen molar-refractivity contribution < 1.29 is 14.7 Å². The van der Waals surface area contributed by atoms with Crippen molar-refractivity contribution in [2.24, 2.45) is 0 Å². The van der Waals surface area contributed by atoms with Crippen molar-refractivity contribution in [2.75, 3.05) is 11.4 Å². The predicted octanol–water partition coefficient (Wildman–Crippen LogP) is 3.06. The number of carbonyl (C=O) groups is 2. The summed E-state index contributed by atoms with van der Waals surface area (Å²) >= 11 is 1.29. The zero-order valence-corrected chi connectivity index (χ0v) is 13.5. The minimum absolute atomic E-state index is 0.137. The number of para-hydroxylation sites is 1. The maximum Gasteiger partial charge on any atom is 0.405 e. The van der Waals surface area contributed by atoms with Gasteiger partial charge in [-0.25, -0.2) is 9.78 Å². The quantitative estimate of drug-likeness (QED) is 0.905. The van der Waals surface area contributed by atoms with Gasteiger partial charge in [-0.1, -0.05) is 18.2 Å². The van der Waals surface area contributed by atoms with E-state index in [1.807, 2.05) is 24.3 Å². The molecule has 2 amide bonds. The zero-order chi connectivity index (χ0) is 16.4. The highest BCUT2D eigenvalue weighted by atomic mass is 32.1. The fourth-order valence-electron chi connectivity index (χ4n) is 2.71. The Morgan fingerprint density at radius 2 is 2.17 bits per heavy atom. The number of aromatic nitrogens is 1. The number of anilines is 1. The van der Waals surface area contributed by atoms with Crippen molar-refractivity contribution >= 4 is 29.0 Å². The van der Waals surface area contributed by atoms with Crippen LogP contribution >= 0.6 is 11.3 Å². The van der Waals surface area contributed by atoms with Gasteiger partial charge in [0.25, 0.3) is 5.91 Å². The number of hydrogen-bond donors (Lipinski definition) is 2. The first-order valence-electron chi connectivity index (χ1n) is 7.41. The molecule has 0 saturated carbocycles. The minimum Gasteiger partial charge on any atom is -0.465 e. The lowest BCUT2D eigenvalue weighted by Crippen LogP contribution is -2.35. The topological polar surface area (TPSA) is 82.5 Å². The van der Waals surface area contributed by atoms with Crippen LogP contribution in [0, 0.1) is 0 Å². The molecule has 7 heteroatoms. The second-order valence-corrected chi connectivity index (χ2v) is 6.32. The molecule has 0 saturated heterocycles. The van der Waals surface area contributed by atoms with Crippen LogP contribution in [0.2, 0.25) is 0 Å². The van der Waals surface area contributed by atoms with E-state index in [4.69, 9.17) is 5.11 Å². The fraction of sp³-hybridized carbons (Fsp3) is 0.312. The molecule has 0 aliphatic carbocycles. The first kappa shape index (κ1) is 15.5. The van der Waals surface area contributed by atoms with E-state index in [0.717, 1.165) is 18.5 Å². The molecule has 120 valence electrons. The summed E-state index contributed by atoms with van der Waals surface area (Å²) in [6, 6.07) is 7.46. The summed E-state index contributed by atoms with van der Waals surface area (Å²) in [4.78, 5) is 29.5. The fourth-order valence-corrected chi connectivity index (χ4v) is 3.51. The standard InChI is InChI=1S/C16H17N3O3S/c1-10(17-16(21)22)14-18-12(9-23-14)15(20)19-8-4-6-11-5-2-3-7-13(11)19/h2-3,5,7,9-10,17H,4,6,8H2,1H3,(H,21,22). The second kappa shape index (κ2) is 6.37. The molecule has 1 aromatic heterocycles. The van der Waals surface area contributed by atoms with E-state index in [0.29, 0.717) is 17.2 Å². The molecular formula is C16H17N3O3S. The first-order valence-corrected chi connectivity index (χ1v) is 8.29. The van der Waals surface area contributed by atoms with E-state index in [9.17, 15) is 9.59 Å². The third kappa shape index (κ3) is 3.19. The molecule has 2 aromatic rings. The Morgan fingerprint density at radius 1 is 1.39 bits per heavy atom. The number of aryl methyl sites for hydroxylation is 1. The Bertz CT molecular complexity index is 744. The van der Waals surface area contributed by atoms with Crippen molar-refractivity contribution in [3.8, 4) is 0 Å². The number of thiazole rings is 1. The smallest absolute Gasteiger partial charge is 0.405 e. The lowest BCUT2D eigenvalue weighted by Gasteiger charge is -2.28. The third-order valence-corrected chi connectivity index (χ3v) is 4.83. The van der Waals surface area contributed by atoms with Crippen molar-refractivity contribution in [3.05, 3.63) is 45.9 Å². The SMILES string of the molecule is CC(NC(=O)O)c1nc(C(=O)N2CCCc3ccccc32)cs1. The van der Waals surface area contributed by atoms with Crippen LogP contribution in [0.4, 0.5) is 10.5 Å². The number of hydrogen-bond acceptors (Lipinski definition) is 4. The second-order valence-electron chi connectivity index (χ2n) is 5.43. The summed E-state index contributed by atoms with van der Waals surface area (Å²) in [5, 5.41) is 13.4. The Hall–Kier alpha value is -2.41. The summed E-state index contributed by atoms with van der Waals surface area (Å²) in [7, 11) is 0. The molecule has 1 unspecified atom stereocenters. The molecule has 2 heterocycles. The van der Waals surface area contributed by atoms with Gasteiger partial charge in [-0.05, 0) is 31.4 Å². The van der Waals surface area contributed by atoms with Gasteiger partial charge in [0.05, 0.1) is 6.04 Å². The van der Waals surface area contributed by atoms with E-state index in [1.165, 1.54) is 16.9 Å². The summed E-state index contributed by atoms with van der Waals surface area (Å²) < 4.78 is 0. The van der Waals surface area contributed by atoms with Crippen LogP contribution in [0.15, 0.2) is 29.6 Å². The highest BCUT2D eigenvalue weighted by Crippen LogP contribution is 2.28. The van der Waals surface area contributed by atoms with Gasteiger partial charge >= 0.3 is 6.09 Å². The van der Waals surface area contributed by atoms with Gasteiger partial charge in [0.15, 0.2) is 0 Å². The highest BCUT2D eigenvalue weighted by Gasteiger charge is 2.25. The maximum atomic E-state index is 12.8. The number of carboxylic acid groups (broad SMARTS) is 1. The van der Waals surface area contributed by atoms with E-state index in [2.05, 4.69) is 10.3 Å². The van der Waals surface area contributed by atoms with Crippen molar-refractivity contribution in [1.29, 1.82) is 0 Å². The number of nitrogens with zero attached hydrogens (tertiary/aromatic N) is 2. The number of carbonyl (C=O) groups excluding carboxylic acids is 1. The van der Waals surface area contributed by atoms with Gasteiger partial charge in [-0.2, -0.15) is 0 Å². The van der Waals surface area contributed by atoms with Gasteiger partial charge in [0, 0.05) is 17.6 Å². The molecule has 1 aliphatic heterocycles. The molecule has 3 rings (SSSR count). The van der Waals surface area contributed by atoms with E-state index in [-0.39, 0.29) is 5.91 Å². The summed E-state index contributed by atoms with van der Waals surface area (Å²) in [5.41, 5.74) is 2.47. The Labute approximate surface area is 137 Å². The Morgan fingerprint density at radius 3 is 2.96 bits per heavy atom. The van der Waals surface area contributed by atoms with Crippen LogP contribution in [-0.2, 0) is 6.42 Å². The van der Waals surface area contributed by atoms with Crippen LogP contribution in [0.5, 0.6) is 0 Å². The van der Waals surface area contributed by atoms with E-state index >= 15 is 0 Å². The molecule has 0 spiro atoms. The number of amides is 2. The predicted molar refractivity (Wildman–Crippen MR) is 88.1 cm³/mol. The largest absolute Gasteiger partial charge is 0.465 e. The summed E-state index contributed by atoms with van der Waals surface area (Å²) in [5.74, 6) is -0.137. The van der Waals surface area contributed by atoms with Crippen LogP contribution in [0.25, 0.3) is 0 Å². The van der Waals surface area contributed by atoms with Gasteiger partial charge in [-0.3, -0.25) is 4.79 Å². The normalized spacial score (nSPS) is 14.9. The number of rotatable bonds is 3. The molecule has 0 radical (unpaired) electrons. The molecule has 6 nitrogen and oxygen atoms in total. The number of nitrogens with one attached hydrogen (secondary N) is 1. The van der Waals surface area contributed by atoms with Crippen LogP contribution in [0.1, 0.15) is 40.4 Å². The Balaban J connectivity index is 1.82. The number of benzene rings is 1. The van der Waals surface area contributed by atoms with Crippen molar-refractivity contribution in [3.63, 3.8) is 0 Å². The van der Waals surface area contributed by atoms with Crippen LogP contribution < -0.4 is 10.2 Å². The monoisotopic (exact) mass is 331 g/mol. The molecule has 2 N–H and O–H groups in total. The molecular weight excluding hydrogens is 314 g/mol. The van der Waals surface area contributed by atoms with Crippen molar-refractivity contribution in [2.45, 2.75) is 25.8 Å². The summed E-state index contributed by atoms with van der Waals surface area (Å²) in [6.45, 7) is 2.38. The lowest BCUT2D eigenvalue weighted by molar-refractivity contribution is 0.0981. The molecule has 1 atom stereocenters. The third-order valence-electron chi connectivity index (χ3n) is 3.81. The molecule has 1 aliphatic rings. The van der Waals surface area contributed by atoms with Crippen LogP contribution in [-0.4, -0.2) is 28.6 Å². The Kier molecular flexibility index (Phi) is 4.29. The van der Waals surface area contributed by atoms with E-state index < -0.39 is 12.1 Å². The van der Waals surface area contributed by atoms with Gasteiger partial charge in [0.1, 0.15) is 10.7 Å². The zero-order valence-electron chi connectivity index (χ0n) is 12.7. The average molecular weight is 331 g/mol. The lowest BCUT2D eigenvalue weighted by atomic mass is 10.0. The van der Waals surface area contributed by atoms with E-state index in [1.54, 1.807) is 17.2 Å².